The summed E-state index contributed by atoms with van der Waals surface area (Å²) >= 11 is 3.38. The zero-order chi connectivity index (χ0) is 17.4. The number of nitrogens with zero attached hydrogens (tertiary/aromatic N) is 3. The van der Waals surface area contributed by atoms with Crippen LogP contribution in [0.25, 0.3) is 27.8 Å². The van der Waals surface area contributed by atoms with Crippen LogP contribution in [0.5, 0.6) is 0 Å². The second kappa shape index (κ2) is 6.14. The van der Waals surface area contributed by atoms with Crippen LogP contribution in [0.4, 0.5) is 5.69 Å². The van der Waals surface area contributed by atoms with Crippen LogP contribution < -0.4 is 0 Å². The molecule has 1 aromatic heterocycles. The maximum absolute atomic E-state index is 11.3. The van der Waals surface area contributed by atoms with Gasteiger partial charge in [-0.25, -0.2) is 4.98 Å². The fraction of sp³-hybridized carbons (Fsp3) is 0. The van der Waals surface area contributed by atoms with Crippen LogP contribution >= 0.6 is 15.9 Å². The molecule has 4 rings (SSSR count). The van der Waals surface area contributed by atoms with Gasteiger partial charge >= 0.3 is 0 Å². The highest BCUT2D eigenvalue weighted by Gasteiger charge is 2.16. The zero-order valence-electron chi connectivity index (χ0n) is 13.0. The third-order valence-corrected chi connectivity index (χ3v) is 4.54. The van der Waals surface area contributed by atoms with Crippen molar-refractivity contribution in [2.45, 2.75) is 0 Å². The fourth-order valence-electron chi connectivity index (χ4n) is 2.87. The molecule has 0 saturated carbocycles. The summed E-state index contributed by atoms with van der Waals surface area (Å²) in [6.07, 6.45) is 1.76. The van der Waals surface area contributed by atoms with Gasteiger partial charge in [0.1, 0.15) is 6.33 Å². The van der Waals surface area contributed by atoms with E-state index in [1.165, 1.54) is 6.07 Å². The molecule has 0 aliphatic heterocycles. The predicted molar refractivity (Wildman–Crippen MR) is 101 cm³/mol. The molecule has 0 saturated heterocycles. The van der Waals surface area contributed by atoms with E-state index in [0.29, 0.717) is 5.56 Å². The first-order chi connectivity index (χ1) is 12.1. The fourth-order valence-corrected chi connectivity index (χ4v) is 3.23. The summed E-state index contributed by atoms with van der Waals surface area (Å²) in [5.41, 5.74) is 4.16. The van der Waals surface area contributed by atoms with E-state index in [1.807, 2.05) is 53.1 Å². The van der Waals surface area contributed by atoms with Gasteiger partial charge in [0, 0.05) is 16.2 Å². The van der Waals surface area contributed by atoms with Crippen LogP contribution in [-0.2, 0) is 0 Å². The van der Waals surface area contributed by atoms with E-state index in [1.54, 1.807) is 18.5 Å². The minimum absolute atomic E-state index is 0.0741. The summed E-state index contributed by atoms with van der Waals surface area (Å²) in [6.45, 7) is 0. The largest absolute Gasteiger partial charge is 0.299 e. The maximum Gasteiger partial charge on any atom is 0.277 e. The Morgan fingerprint density at radius 3 is 2.56 bits per heavy atom. The van der Waals surface area contributed by atoms with Gasteiger partial charge < -0.3 is 0 Å². The molecule has 0 fully saturated rings. The number of hydrogen-bond acceptors (Lipinski definition) is 3. The van der Waals surface area contributed by atoms with Crippen molar-refractivity contribution in [3.8, 4) is 16.8 Å². The van der Waals surface area contributed by atoms with Crippen molar-refractivity contribution in [1.29, 1.82) is 0 Å². The Labute approximate surface area is 151 Å². The lowest BCUT2D eigenvalue weighted by atomic mass is 10.0. The number of hydrogen-bond donors (Lipinski definition) is 0. The number of fused-ring (bicyclic) bond motifs is 1. The Hall–Kier alpha value is -2.99. The average Bonchev–Trinajstić information content (AvgIpc) is 3.05. The van der Waals surface area contributed by atoms with Crippen LogP contribution in [0.3, 0.4) is 0 Å². The highest BCUT2D eigenvalue weighted by molar-refractivity contribution is 9.10. The third kappa shape index (κ3) is 2.81. The van der Waals surface area contributed by atoms with Gasteiger partial charge in [-0.1, -0.05) is 40.2 Å². The van der Waals surface area contributed by atoms with E-state index in [2.05, 4.69) is 20.9 Å². The summed E-state index contributed by atoms with van der Waals surface area (Å²) in [5.74, 6) is 0. The van der Waals surface area contributed by atoms with E-state index in [4.69, 9.17) is 0 Å². The lowest BCUT2D eigenvalue weighted by Gasteiger charge is -2.06. The molecule has 0 radical (unpaired) electrons. The van der Waals surface area contributed by atoms with Crippen LogP contribution in [0, 0.1) is 10.1 Å². The van der Waals surface area contributed by atoms with Gasteiger partial charge in [-0.15, -0.1) is 0 Å². The first-order valence-corrected chi connectivity index (χ1v) is 8.39. The van der Waals surface area contributed by atoms with Gasteiger partial charge in [-0.3, -0.25) is 14.7 Å². The van der Waals surface area contributed by atoms with Gasteiger partial charge in [0.2, 0.25) is 0 Å². The minimum Gasteiger partial charge on any atom is -0.299 e. The van der Waals surface area contributed by atoms with Crippen molar-refractivity contribution >= 4 is 32.7 Å². The van der Waals surface area contributed by atoms with Gasteiger partial charge in [0.25, 0.3) is 5.69 Å². The van der Waals surface area contributed by atoms with Crippen molar-refractivity contribution in [1.82, 2.24) is 9.55 Å². The molecule has 25 heavy (non-hydrogen) atoms. The van der Waals surface area contributed by atoms with Gasteiger partial charge in [-0.05, 0) is 42.0 Å². The summed E-state index contributed by atoms with van der Waals surface area (Å²) in [5, 5.41) is 11.3. The van der Waals surface area contributed by atoms with Crippen LogP contribution in [0.1, 0.15) is 0 Å². The lowest BCUT2D eigenvalue weighted by molar-refractivity contribution is -0.384. The highest BCUT2D eigenvalue weighted by atomic mass is 79.9. The number of benzene rings is 3. The molecule has 0 atom stereocenters. The number of rotatable bonds is 3. The number of para-hydroxylation sites is 1. The number of imidazole rings is 1. The first kappa shape index (κ1) is 15.5. The SMILES string of the molecule is O=[N+]([O-])c1ccc(Br)cc1-c1ccc2c(c1)ncn2-c1ccccc1. The molecule has 3 aromatic carbocycles. The Bertz CT molecular complexity index is 1090. The standard InChI is InChI=1S/C19H12BrN3O2/c20-14-7-9-18(23(24)25)16(11-14)13-6-8-19-17(10-13)21-12-22(19)15-4-2-1-3-5-15/h1-12H. The lowest BCUT2D eigenvalue weighted by Crippen LogP contribution is -1.93. The zero-order valence-corrected chi connectivity index (χ0v) is 14.6. The van der Waals surface area contributed by atoms with E-state index in [-0.39, 0.29) is 10.6 Å². The molecule has 0 bridgehead atoms. The Morgan fingerprint density at radius 2 is 1.80 bits per heavy atom. The molecule has 122 valence electrons. The van der Waals surface area contributed by atoms with Crippen LogP contribution in [0.2, 0.25) is 0 Å². The second-order valence-corrected chi connectivity index (χ2v) is 6.49. The van der Waals surface area contributed by atoms with E-state index < -0.39 is 0 Å². The van der Waals surface area contributed by atoms with Gasteiger partial charge in [0.05, 0.1) is 21.5 Å². The Morgan fingerprint density at radius 1 is 1.00 bits per heavy atom. The second-order valence-electron chi connectivity index (χ2n) is 5.57. The topological polar surface area (TPSA) is 61.0 Å². The molecule has 4 aromatic rings. The average molecular weight is 394 g/mol. The maximum atomic E-state index is 11.3. The summed E-state index contributed by atoms with van der Waals surface area (Å²) in [7, 11) is 0. The summed E-state index contributed by atoms with van der Waals surface area (Å²) < 4.78 is 2.79. The number of nitro benzene ring substituents is 1. The third-order valence-electron chi connectivity index (χ3n) is 4.05. The highest BCUT2D eigenvalue weighted by Crippen LogP contribution is 2.34. The molecule has 6 heteroatoms. The normalized spacial score (nSPS) is 10.9. The Balaban J connectivity index is 1.87. The molecular weight excluding hydrogens is 382 g/mol. The first-order valence-electron chi connectivity index (χ1n) is 7.60. The molecule has 0 aliphatic carbocycles. The molecule has 1 heterocycles. The van der Waals surface area contributed by atoms with Gasteiger partial charge in [-0.2, -0.15) is 0 Å². The van der Waals surface area contributed by atoms with E-state index in [9.17, 15) is 10.1 Å². The van der Waals surface area contributed by atoms with Crippen molar-refractivity contribution in [3.05, 3.63) is 87.6 Å². The predicted octanol–water partition coefficient (Wildman–Crippen LogP) is 5.36. The van der Waals surface area contributed by atoms with E-state index >= 15 is 0 Å². The summed E-state index contributed by atoms with van der Waals surface area (Å²) in [6, 6.07) is 20.6. The van der Waals surface area contributed by atoms with E-state index in [0.717, 1.165) is 26.8 Å². The monoisotopic (exact) mass is 393 g/mol. The molecular formula is C19H12BrN3O2. The molecule has 5 nitrogen and oxygen atoms in total. The van der Waals surface area contributed by atoms with Gasteiger partial charge in [0.15, 0.2) is 0 Å². The van der Waals surface area contributed by atoms with Crippen molar-refractivity contribution < 1.29 is 4.92 Å². The molecule has 0 N–H and O–H groups in total. The molecule has 0 spiro atoms. The van der Waals surface area contributed by atoms with Crippen molar-refractivity contribution in [2.75, 3.05) is 0 Å². The number of halogens is 1. The quantitative estimate of drug-likeness (QED) is 0.347. The smallest absolute Gasteiger partial charge is 0.277 e. The summed E-state index contributed by atoms with van der Waals surface area (Å²) in [4.78, 5) is 15.4. The molecule has 0 unspecified atom stereocenters. The number of nitro groups is 1. The Kier molecular flexibility index (Phi) is 3.82. The molecule has 0 amide bonds. The van der Waals surface area contributed by atoms with Crippen molar-refractivity contribution in [2.24, 2.45) is 0 Å². The van der Waals surface area contributed by atoms with Crippen LogP contribution in [-0.4, -0.2) is 14.5 Å². The van der Waals surface area contributed by atoms with Crippen LogP contribution in [0.15, 0.2) is 77.5 Å². The van der Waals surface area contributed by atoms with Crippen molar-refractivity contribution in [3.63, 3.8) is 0 Å². The minimum atomic E-state index is -0.367. The molecule has 0 aliphatic rings. The number of aromatic nitrogens is 2.